The zero-order chi connectivity index (χ0) is 22.4. The Morgan fingerprint density at radius 3 is 2.29 bits per heavy atom. The van der Waals surface area contributed by atoms with Crippen LogP contribution in [-0.2, 0) is 0 Å². The number of carbonyl (C=O) groups excluding carboxylic acids is 2. The summed E-state index contributed by atoms with van der Waals surface area (Å²) < 4.78 is 13.1. The van der Waals surface area contributed by atoms with Crippen molar-refractivity contribution >= 4 is 34.7 Å². The van der Waals surface area contributed by atoms with E-state index >= 15 is 0 Å². The van der Waals surface area contributed by atoms with Crippen molar-refractivity contribution in [2.75, 3.05) is 29.5 Å². The third-order valence-corrected chi connectivity index (χ3v) is 4.74. The van der Waals surface area contributed by atoms with Crippen molar-refractivity contribution in [3.63, 3.8) is 0 Å². The summed E-state index contributed by atoms with van der Waals surface area (Å²) in [5, 5.41) is 5.78. The zero-order valence-corrected chi connectivity index (χ0v) is 17.4. The Balaban J connectivity index is 1.71. The summed E-state index contributed by atoms with van der Waals surface area (Å²) in [6.45, 7) is 5.04. The van der Waals surface area contributed by atoms with E-state index in [1.54, 1.807) is 47.4 Å². The van der Waals surface area contributed by atoms with Crippen LogP contribution < -0.4 is 16.4 Å². The second-order valence-corrected chi connectivity index (χ2v) is 6.80. The molecule has 7 nitrogen and oxygen atoms in total. The highest BCUT2D eigenvalue weighted by Gasteiger charge is 2.14. The molecule has 3 aromatic rings. The molecule has 0 bridgehead atoms. The van der Waals surface area contributed by atoms with Crippen LogP contribution in [0, 0.1) is 5.82 Å². The van der Waals surface area contributed by atoms with Crippen LogP contribution in [0.1, 0.15) is 34.6 Å². The predicted octanol–water partition coefficient (Wildman–Crippen LogP) is 4.28. The Labute approximate surface area is 180 Å². The molecule has 2 amide bonds. The molecule has 1 heterocycles. The summed E-state index contributed by atoms with van der Waals surface area (Å²) >= 11 is 0. The topological polar surface area (TPSA) is 100 Å². The fraction of sp³-hybridized carbons (Fsp3) is 0.174. The molecule has 0 unspecified atom stereocenters. The number of nitrogens with two attached hydrogens (primary N) is 1. The average Bonchev–Trinajstić information content (AvgIpc) is 2.78. The van der Waals surface area contributed by atoms with E-state index in [4.69, 9.17) is 5.73 Å². The Morgan fingerprint density at radius 2 is 1.68 bits per heavy atom. The number of hydrogen-bond acceptors (Lipinski definition) is 5. The maximum Gasteiger partial charge on any atom is 0.256 e. The van der Waals surface area contributed by atoms with Gasteiger partial charge in [-0.05, 0) is 68.4 Å². The minimum atomic E-state index is -0.377. The van der Waals surface area contributed by atoms with E-state index in [9.17, 15) is 14.0 Å². The fourth-order valence-corrected chi connectivity index (χ4v) is 2.97. The number of halogens is 1. The van der Waals surface area contributed by atoms with Crippen molar-refractivity contribution in [2.45, 2.75) is 13.8 Å². The quantitative estimate of drug-likeness (QED) is 0.495. The largest absolute Gasteiger partial charge is 0.397 e. The number of amides is 2. The van der Waals surface area contributed by atoms with Crippen molar-refractivity contribution < 1.29 is 14.0 Å². The van der Waals surface area contributed by atoms with Crippen molar-refractivity contribution in [1.29, 1.82) is 0 Å². The van der Waals surface area contributed by atoms with E-state index in [0.717, 1.165) is 0 Å². The molecule has 0 aliphatic carbocycles. The molecule has 0 radical (unpaired) electrons. The summed E-state index contributed by atoms with van der Waals surface area (Å²) in [5.74, 6) is -0.502. The van der Waals surface area contributed by atoms with Crippen LogP contribution in [0.25, 0.3) is 0 Å². The molecule has 0 saturated carbocycles. The molecule has 160 valence electrons. The van der Waals surface area contributed by atoms with Crippen LogP contribution in [-0.4, -0.2) is 34.8 Å². The highest BCUT2D eigenvalue weighted by atomic mass is 19.1. The van der Waals surface area contributed by atoms with Crippen molar-refractivity contribution in [3.8, 4) is 0 Å². The number of hydrogen-bond donors (Lipinski definition) is 3. The first-order chi connectivity index (χ1) is 14.9. The smallest absolute Gasteiger partial charge is 0.256 e. The number of carbonyl (C=O) groups is 2. The molecule has 4 N–H and O–H groups in total. The molecule has 1 aromatic heterocycles. The first kappa shape index (κ1) is 21.8. The Morgan fingerprint density at radius 1 is 1.00 bits per heavy atom. The number of benzene rings is 2. The van der Waals surface area contributed by atoms with Gasteiger partial charge in [0.1, 0.15) is 11.6 Å². The van der Waals surface area contributed by atoms with Gasteiger partial charge in [0.25, 0.3) is 11.8 Å². The van der Waals surface area contributed by atoms with Crippen LogP contribution in [0.15, 0.2) is 60.8 Å². The maximum atomic E-state index is 13.1. The maximum absolute atomic E-state index is 13.1. The van der Waals surface area contributed by atoms with Gasteiger partial charge in [0.15, 0.2) is 0 Å². The molecule has 31 heavy (non-hydrogen) atoms. The number of nitrogens with one attached hydrogen (secondary N) is 2. The molecule has 0 spiro atoms. The van der Waals surface area contributed by atoms with Gasteiger partial charge in [-0.25, -0.2) is 9.37 Å². The van der Waals surface area contributed by atoms with Gasteiger partial charge >= 0.3 is 0 Å². The highest BCUT2D eigenvalue weighted by molar-refractivity contribution is 6.05. The Bertz CT molecular complexity index is 1060. The molecule has 0 aliphatic rings. The highest BCUT2D eigenvalue weighted by Crippen LogP contribution is 2.25. The third-order valence-electron chi connectivity index (χ3n) is 4.74. The van der Waals surface area contributed by atoms with Crippen LogP contribution in [0.5, 0.6) is 0 Å². The number of pyridine rings is 1. The summed E-state index contributed by atoms with van der Waals surface area (Å²) in [6.07, 6.45) is 1.45. The second kappa shape index (κ2) is 9.71. The van der Waals surface area contributed by atoms with Gasteiger partial charge in [0, 0.05) is 30.5 Å². The summed E-state index contributed by atoms with van der Waals surface area (Å²) in [4.78, 5) is 30.9. The second-order valence-electron chi connectivity index (χ2n) is 6.80. The van der Waals surface area contributed by atoms with Crippen LogP contribution in [0.4, 0.5) is 27.3 Å². The Hall–Kier alpha value is -3.94. The molecule has 3 rings (SSSR count). The molecule has 0 fully saturated rings. The fourth-order valence-electron chi connectivity index (χ4n) is 2.97. The van der Waals surface area contributed by atoms with E-state index in [-0.39, 0.29) is 17.6 Å². The first-order valence-electron chi connectivity index (χ1n) is 9.90. The molecule has 0 aliphatic heterocycles. The molecule has 8 heteroatoms. The molecular weight excluding hydrogens is 397 g/mol. The summed E-state index contributed by atoms with van der Waals surface area (Å²) in [7, 11) is 0. The van der Waals surface area contributed by atoms with Crippen LogP contribution in [0.3, 0.4) is 0 Å². The van der Waals surface area contributed by atoms with E-state index in [1.165, 1.54) is 18.3 Å². The van der Waals surface area contributed by atoms with Crippen molar-refractivity contribution in [1.82, 2.24) is 9.88 Å². The predicted molar refractivity (Wildman–Crippen MR) is 120 cm³/mol. The number of nitrogens with zero attached hydrogens (tertiary/aromatic N) is 2. The summed E-state index contributed by atoms with van der Waals surface area (Å²) in [6, 6.07) is 13.8. The average molecular weight is 421 g/mol. The number of aromatic nitrogens is 1. The first-order valence-corrected chi connectivity index (χ1v) is 9.90. The molecule has 2 aromatic carbocycles. The number of nitrogen functional groups attached to an aromatic ring is 1. The van der Waals surface area contributed by atoms with Gasteiger partial charge in [0.05, 0.1) is 16.9 Å². The summed E-state index contributed by atoms with van der Waals surface area (Å²) in [5.41, 5.74) is 8.42. The van der Waals surface area contributed by atoms with E-state index in [0.29, 0.717) is 47.1 Å². The van der Waals surface area contributed by atoms with Gasteiger partial charge in [-0.15, -0.1) is 0 Å². The Kier molecular flexibility index (Phi) is 6.81. The lowest BCUT2D eigenvalue weighted by Crippen LogP contribution is -2.30. The molecular formula is C23H24FN5O2. The monoisotopic (exact) mass is 421 g/mol. The van der Waals surface area contributed by atoms with Crippen LogP contribution in [0.2, 0.25) is 0 Å². The minimum Gasteiger partial charge on any atom is -0.397 e. The van der Waals surface area contributed by atoms with Gasteiger partial charge in [-0.2, -0.15) is 0 Å². The van der Waals surface area contributed by atoms with Crippen LogP contribution >= 0.6 is 0 Å². The lowest BCUT2D eigenvalue weighted by molar-refractivity contribution is 0.0772. The standard InChI is InChI=1S/C23H24FN5O2/c1-3-29(4-2)23(31)16-6-12-21(26-14-16)28-22(30)15-5-11-19(25)20(13-15)27-18-9-7-17(24)8-10-18/h5-14,27H,3-4,25H2,1-2H3,(H,26,28,30). The third kappa shape index (κ3) is 5.36. The number of anilines is 4. The normalized spacial score (nSPS) is 10.4. The van der Waals surface area contributed by atoms with Gasteiger partial charge in [-0.1, -0.05) is 0 Å². The molecule has 0 atom stereocenters. The van der Waals surface area contributed by atoms with E-state index in [1.807, 2.05) is 13.8 Å². The van der Waals surface area contributed by atoms with Crippen molar-refractivity contribution in [2.24, 2.45) is 0 Å². The zero-order valence-electron chi connectivity index (χ0n) is 17.4. The minimum absolute atomic E-state index is 0.106. The van der Waals surface area contributed by atoms with Gasteiger partial charge in [0.2, 0.25) is 0 Å². The van der Waals surface area contributed by atoms with Gasteiger partial charge in [-0.3, -0.25) is 9.59 Å². The SMILES string of the molecule is CCN(CC)C(=O)c1ccc(NC(=O)c2ccc(N)c(Nc3ccc(F)cc3)c2)nc1. The molecule has 0 saturated heterocycles. The van der Waals surface area contributed by atoms with Gasteiger partial charge < -0.3 is 21.3 Å². The van der Waals surface area contributed by atoms with E-state index in [2.05, 4.69) is 15.6 Å². The lowest BCUT2D eigenvalue weighted by Gasteiger charge is -2.18. The van der Waals surface area contributed by atoms with Crippen molar-refractivity contribution in [3.05, 3.63) is 77.7 Å². The lowest BCUT2D eigenvalue weighted by atomic mass is 10.1. The number of rotatable bonds is 7. The van der Waals surface area contributed by atoms with E-state index < -0.39 is 0 Å².